The molecule has 0 N–H and O–H groups in total. The molecule has 0 aliphatic heterocycles. The molecule has 1 atom stereocenters. The van der Waals surface area contributed by atoms with E-state index in [-0.39, 0.29) is 6.61 Å². The van der Waals surface area contributed by atoms with Gasteiger partial charge in [-0.2, -0.15) is 0 Å². The Morgan fingerprint density at radius 3 is 2.43 bits per heavy atom. The standard InChI is InChI=1S/C7H15FIO4P/c1-2-3-4-5-6-7-11-14(10,12-8)13-9/h2-7H2,1H3. The molecule has 0 radical (unpaired) electrons. The molecule has 0 aromatic heterocycles. The Morgan fingerprint density at radius 2 is 1.93 bits per heavy atom. The maximum Gasteiger partial charge on any atom is 0.515 e. The highest BCUT2D eigenvalue weighted by Gasteiger charge is 2.26. The van der Waals surface area contributed by atoms with Crippen LogP contribution in [-0.2, 0) is 16.7 Å². The number of unbranched alkanes of at least 4 members (excludes halogenated alkanes) is 4. The van der Waals surface area contributed by atoms with Crippen molar-refractivity contribution in [1.29, 1.82) is 0 Å². The van der Waals surface area contributed by atoms with Gasteiger partial charge in [-0.05, 0) is 10.9 Å². The van der Waals surface area contributed by atoms with Crippen LogP contribution >= 0.6 is 30.8 Å². The summed E-state index contributed by atoms with van der Waals surface area (Å²) in [6.07, 6.45) is 5.13. The van der Waals surface area contributed by atoms with Gasteiger partial charge < -0.3 is 0 Å². The van der Waals surface area contributed by atoms with Crippen molar-refractivity contribution in [3.05, 3.63) is 0 Å². The predicted octanol–water partition coefficient (Wildman–Crippen LogP) is 4.35. The summed E-state index contributed by atoms with van der Waals surface area (Å²) in [5.41, 5.74) is 0. The second kappa shape index (κ2) is 9.03. The third kappa shape index (κ3) is 7.11. The van der Waals surface area contributed by atoms with E-state index in [2.05, 4.69) is 19.0 Å². The zero-order chi connectivity index (χ0) is 10.9. The normalized spacial score (nSPS) is 15.4. The quantitative estimate of drug-likeness (QED) is 0.356. The second-order valence-corrected chi connectivity index (χ2v) is 5.44. The number of hydrogen-bond acceptors (Lipinski definition) is 4. The minimum atomic E-state index is -3.92. The zero-order valence-corrected chi connectivity index (χ0v) is 11.1. The fraction of sp³-hybridized carbons (Fsp3) is 1.00. The van der Waals surface area contributed by atoms with Gasteiger partial charge in [-0.25, -0.2) is 7.42 Å². The summed E-state index contributed by atoms with van der Waals surface area (Å²) in [6.45, 7) is 2.31. The molecular weight excluding hydrogens is 325 g/mol. The van der Waals surface area contributed by atoms with Gasteiger partial charge in [0, 0.05) is 0 Å². The van der Waals surface area contributed by atoms with Gasteiger partial charge in [0.25, 0.3) is 0 Å². The molecule has 1 unspecified atom stereocenters. The van der Waals surface area contributed by atoms with E-state index < -0.39 is 7.82 Å². The van der Waals surface area contributed by atoms with Crippen molar-refractivity contribution >= 4 is 30.8 Å². The fourth-order valence-corrected chi connectivity index (χ4v) is 1.91. The van der Waals surface area contributed by atoms with Crippen molar-refractivity contribution in [2.75, 3.05) is 6.61 Å². The van der Waals surface area contributed by atoms with E-state index >= 15 is 0 Å². The molecule has 0 amide bonds. The lowest BCUT2D eigenvalue weighted by Crippen LogP contribution is -1.93. The van der Waals surface area contributed by atoms with Gasteiger partial charge in [0.15, 0.2) is 0 Å². The Kier molecular flexibility index (Phi) is 9.53. The van der Waals surface area contributed by atoms with E-state index in [1.54, 1.807) is 0 Å². The molecule has 0 rings (SSSR count). The van der Waals surface area contributed by atoms with Gasteiger partial charge in [0.2, 0.25) is 0 Å². The Morgan fingerprint density at radius 1 is 1.29 bits per heavy atom. The average molecular weight is 340 g/mol. The van der Waals surface area contributed by atoms with Crippen LogP contribution in [0, 0.1) is 0 Å². The van der Waals surface area contributed by atoms with E-state index in [4.69, 9.17) is 0 Å². The van der Waals surface area contributed by atoms with Crippen LogP contribution in [0.2, 0.25) is 0 Å². The van der Waals surface area contributed by atoms with Gasteiger partial charge in [-0.1, -0.05) is 37.3 Å². The van der Waals surface area contributed by atoms with E-state index in [0.717, 1.165) is 25.7 Å². The molecule has 0 saturated heterocycles. The van der Waals surface area contributed by atoms with Crippen LogP contribution in [0.15, 0.2) is 0 Å². The van der Waals surface area contributed by atoms with E-state index in [1.807, 2.05) is 0 Å². The van der Waals surface area contributed by atoms with E-state index in [1.165, 1.54) is 29.4 Å². The Hall–Kier alpha value is 0.770. The molecule has 0 bridgehead atoms. The minimum absolute atomic E-state index is 0.188. The van der Waals surface area contributed by atoms with E-state index in [9.17, 15) is 9.09 Å². The molecule has 0 spiro atoms. The topological polar surface area (TPSA) is 44.8 Å². The number of phosphoric acid groups is 1. The van der Waals surface area contributed by atoms with Crippen molar-refractivity contribution in [2.24, 2.45) is 0 Å². The lowest BCUT2D eigenvalue weighted by atomic mass is 10.2. The first-order chi connectivity index (χ1) is 6.68. The first-order valence-corrected chi connectivity index (χ1v) is 6.88. The molecule has 14 heavy (non-hydrogen) atoms. The minimum Gasteiger partial charge on any atom is -0.285 e. The summed E-state index contributed by atoms with van der Waals surface area (Å²) >= 11 is 1.29. The SMILES string of the molecule is CCCCCCCOP(=O)(OF)OI. The van der Waals surface area contributed by atoms with Crippen LogP contribution < -0.4 is 0 Å². The molecule has 86 valence electrons. The largest absolute Gasteiger partial charge is 0.515 e. The van der Waals surface area contributed by atoms with Crippen molar-refractivity contribution in [3.8, 4) is 0 Å². The van der Waals surface area contributed by atoms with Crippen molar-refractivity contribution in [3.63, 3.8) is 0 Å². The van der Waals surface area contributed by atoms with Gasteiger partial charge in [-0.3, -0.25) is 4.52 Å². The lowest BCUT2D eigenvalue weighted by Gasteiger charge is -2.08. The molecule has 0 aromatic rings. The smallest absolute Gasteiger partial charge is 0.285 e. The Labute approximate surface area is 97.7 Å². The first kappa shape index (κ1) is 14.8. The van der Waals surface area contributed by atoms with Gasteiger partial charge >= 0.3 is 7.82 Å². The second-order valence-electron chi connectivity index (χ2n) is 2.83. The maximum atomic E-state index is 11.7. The molecule has 0 fully saturated rings. The summed E-state index contributed by atoms with van der Waals surface area (Å²) in [6, 6.07) is 0. The highest BCUT2D eigenvalue weighted by molar-refractivity contribution is 14.1. The van der Waals surface area contributed by atoms with Crippen molar-refractivity contribution in [1.82, 2.24) is 0 Å². The van der Waals surface area contributed by atoms with Crippen LogP contribution in [0.3, 0.4) is 0 Å². The molecule has 0 saturated carbocycles. The monoisotopic (exact) mass is 340 g/mol. The van der Waals surface area contributed by atoms with Crippen LogP contribution in [0.5, 0.6) is 0 Å². The van der Waals surface area contributed by atoms with Gasteiger partial charge in [-0.15, -0.1) is 0 Å². The fourth-order valence-electron chi connectivity index (χ4n) is 0.932. The Balaban J connectivity index is 3.39. The van der Waals surface area contributed by atoms with Crippen LogP contribution in [-0.4, -0.2) is 6.61 Å². The molecule has 7 heteroatoms. The maximum absolute atomic E-state index is 11.7. The molecule has 0 aliphatic carbocycles. The highest BCUT2D eigenvalue weighted by Crippen LogP contribution is 2.51. The molecular formula is C7H15FIO4P. The third-order valence-corrected chi connectivity index (χ3v) is 3.95. The van der Waals surface area contributed by atoms with Crippen molar-refractivity contribution in [2.45, 2.75) is 39.0 Å². The summed E-state index contributed by atoms with van der Waals surface area (Å²) in [7, 11) is -3.92. The molecule has 0 aromatic carbocycles. The van der Waals surface area contributed by atoms with Gasteiger partial charge in [0.05, 0.1) is 6.61 Å². The van der Waals surface area contributed by atoms with Crippen LogP contribution in [0.1, 0.15) is 39.0 Å². The Bertz CT molecular complexity index is 173. The number of hydrogen-bond donors (Lipinski definition) is 0. The van der Waals surface area contributed by atoms with E-state index in [0.29, 0.717) is 0 Å². The summed E-state index contributed by atoms with van der Waals surface area (Å²) in [5.74, 6) is 0. The molecule has 4 nitrogen and oxygen atoms in total. The summed E-state index contributed by atoms with van der Waals surface area (Å²) in [4.78, 5) is 0. The first-order valence-electron chi connectivity index (χ1n) is 4.53. The third-order valence-electron chi connectivity index (χ3n) is 1.67. The number of rotatable bonds is 9. The van der Waals surface area contributed by atoms with Gasteiger partial charge in [0.1, 0.15) is 23.0 Å². The van der Waals surface area contributed by atoms with Crippen molar-refractivity contribution < 1.29 is 21.2 Å². The van der Waals surface area contributed by atoms with Crippen LogP contribution in [0.25, 0.3) is 0 Å². The average Bonchev–Trinajstić information content (AvgIpc) is 2.23. The molecule has 0 heterocycles. The predicted molar refractivity (Wildman–Crippen MR) is 59.6 cm³/mol. The summed E-state index contributed by atoms with van der Waals surface area (Å²) in [5, 5.41) is 0. The highest BCUT2D eigenvalue weighted by atomic mass is 127. The summed E-state index contributed by atoms with van der Waals surface area (Å²) < 4.78 is 34.6. The lowest BCUT2D eigenvalue weighted by molar-refractivity contribution is -0.0414. The number of halogens is 2. The zero-order valence-electron chi connectivity index (χ0n) is 8.08. The molecule has 0 aliphatic rings. The van der Waals surface area contributed by atoms with Crippen LogP contribution in [0.4, 0.5) is 4.53 Å².